The Hall–Kier alpha value is -1.14. The van der Waals surface area contributed by atoms with E-state index in [1.54, 1.807) is 6.92 Å². The van der Waals surface area contributed by atoms with Crippen LogP contribution in [-0.2, 0) is 19.1 Å². The molecule has 2 aliphatic rings. The summed E-state index contributed by atoms with van der Waals surface area (Å²) in [6, 6.07) is -0.271. The third-order valence-electron chi connectivity index (χ3n) is 4.34. The van der Waals surface area contributed by atoms with Crippen LogP contribution < -0.4 is 5.32 Å². The van der Waals surface area contributed by atoms with E-state index in [0.717, 1.165) is 38.7 Å². The normalized spacial score (nSPS) is 30.8. The number of carbonyl (C=O) groups is 2. The van der Waals surface area contributed by atoms with Crippen molar-refractivity contribution in [3.05, 3.63) is 0 Å². The Balaban J connectivity index is 1.72. The molecule has 1 amide bonds. The van der Waals surface area contributed by atoms with Gasteiger partial charge in [-0.3, -0.25) is 9.59 Å². The monoisotopic (exact) mass is 299 g/mol. The van der Waals surface area contributed by atoms with Crippen LogP contribution in [0.25, 0.3) is 0 Å². The van der Waals surface area contributed by atoms with Crippen molar-refractivity contribution in [3.8, 4) is 0 Å². The standard InChI is InChI=1S/C15H25NO5/c1-10(21-9-11-5-2-3-8-20-11)14(17)16-13-7-4-6-12(13)15(18)19/h10-13H,2-9H2,1H3,(H,16,17)(H,18,19)/t10?,11?,12-,13+/m0/s1. The summed E-state index contributed by atoms with van der Waals surface area (Å²) in [5.74, 6) is -1.53. The molecule has 1 aliphatic carbocycles. The molecule has 0 spiro atoms. The van der Waals surface area contributed by atoms with E-state index in [9.17, 15) is 9.59 Å². The fraction of sp³-hybridized carbons (Fsp3) is 0.867. The molecule has 1 aliphatic heterocycles. The molecule has 0 aromatic carbocycles. The zero-order valence-electron chi connectivity index (χ0n) is 12.5. The Morgan fingerprint density at radius 3 is 2.76 bits per heavy atom. The molecule has 4 atom stereocenters. The fourth-order valence-electron chi connectivity index (χ4n) is 2.99. The summed E-state index contributed by atoms with van der Waals surface area (Å²) >= 11 is 0. The molecule has 120 valence electrons. The SMILES string of the molecule is CC(OCC1CCCCO1)C(=O)N[C@@H]1CCC[C@@H]1C(=O)O. The molecule has 1 heterocycles. The lowest BCUT2D eigenvalue weighted by Gasteiger charge is -2.25. The summed E-state index contributed by atoms with van der Waals surface area (Å²) in [6.07, 6.45) is 4.89. The van der Waals surface area contributed by atoms with E-state index < -0.39 is 18.0 Å². The summed E-state index contributed by atoms with van der Waals surface area (Å²) in [7, 11) is 0. The van der Waals surface area contributed by atoms with Crippen LogP contribution >= 0.6 is 0 Å². The van der Waals surface area contributed by atoms with Gasteiger partial charge in [0, 0.05) is 12.6 Å². The molecule has 2 N–H and O–H groups in total. The number of aliphatic carboxylic acids is 1. The van der Waals surface area contributed by atoms with Gasteiger partial charge in [0.2, 0.25) is 5.91 Å². The highest BCUT2D eigenvalue weighted by molar-refractivity contribution is 5.81. The lowest BCUT2D eigenvalue weighted by molar-refractivity contribution is -0.143. The number of carboxylic acids is 1. The number of hydrogen-bond acceptors (Lipinski definition) is 4. The summed E-state index contributed by atoms with van der Waals surface area (Å²) in [5.41, 5.74) is 0. The maximum atomic E-state index is 12.1. The highest BCUT2D eigenvalue weighted by Crippen LogP contribution is 2.26. The molecule has 0 radical (unpaired) electrons. The van der Waals surface area contributed by atoms with Gasteiger partial charge in [-0.25, -0.2) is 0 Å². The van der Waals surface area contributed by atoms with Gasteiger partial charge >= 0.3 is 5.97 Å². The van der Waals surface area contributed by atoms with Gasteiger partial charge in [0.05, 0.1) is 18.6 Å². The van der Waals surface area contributed by atoms with Crippen LogP contribution in [0, 0.1) is 5.92 Å². The third kappa shape index (κ3) is 4.68. The molecule has 1 saturated carbocycles. The molecule has 21 heavy (non-hydrogen) atoms. The topological polar surface area (TPSA) is 84.9 Å². The van der Waals surface area contributed by atoms with Crippen LogP contribution in [0.5, 0.6) is 0 Å². The molecule has 2 unspecified atom stereocenters. The van der Waals surface area contributed by atoms with Crippen molar-refractivity contribution in [1.82, 2.24) is 5.32 Å². The Kier molecular flexibility index (Phi) is 5.99. The zero-order chi connectivity index (χ0) is 15.2. The zero-order valence-corrected chi connectivity index (χ0v) is 12.5. The molecule has 6 nitrogen and oxygen atoms in total. The second kappa shape index (κ2) is 7.75. The average molecular weight is 299 g/mol. The van der Waals surface area contributed by atoms with Crippen LogP contribution in [0.2, 0.25) is 0 Å². The number of nitrogens with one attached hydrogen (secondary N) is 1. The number of ether oxygens (including phenoxy) is 2. The quantitative estimate of drug-likeness (QED) is 0.773. The predicted octanol–water partition coefficient (Wildman–Crippen LogP) is 1.33. The first-order valence-corrected chi connectivity index (χ1v) is 7.84. The predicted molar refractivity (Wildman–Crippen MR) is 75.9 cm³/mol. The lowest BCUT2D eigenvalue weighted by Crippen LogP contribution is -2.45. The van der Waals surface area contributed by atoms with E-state index in [-0.39, 0.29) is 18.1 Å². The maximum absolute atomic E-state index is 12.1. The molecular formula is C15H25NO5. The van der Waals surface area contributed by atoms with E-state index in [2.05, 4.69) is 5.32 Å². The highest BCUT2D eigenvalue weighted by atomic mass is 16.5. The van der Waals surface area contributed by atoms with Crippen molar-refractivity contribution < 1.29 is 24.2 Å². The molecule has 2 rings (SSSR count). The Labute approximate surface area is 125 Å². The van der Waals surface area contributed by atoms with Crippen LogP contribution in [0.3, 0.4) is 0 Å². The Morgan fingerprint density at radius 2 is 2.10 bits per heavy atom. The van der Waals surface area contributed by atoms with Gasteiger partial charge in [0.1, 0.15) is 6.10 Å². The number of amides is 1. The van der Waals surface area contributed by atoms with Crippen LogP contribution in [-0.4, -0.2) is 48.4 Å². The first kappa shape index (κ1) is 16.2. The van der Waals surface area contributed by atoms with Crippen molar-refractivity contribution in [2.24, 2.45) is 5.92 Å². The maximum Gasteiger partial charge on any atom is 0.308 e. The second-order valence-electron chi connectivity index (χ2n) is 5.95. The van der Waals surface area contributed by atoms with Gasteiger partial charge in [-0.05, 0) is 39.0 Å². The first-order valence-electron chi connectivity index (χ1n) is 7.84. The summed E-state index contributed by atoms with van der Waals surface area (Å²) in [4.78, 5) is 23.2. The Bertz CT molecular complexity index is 367. The highest BCUT2D eigenvalue weighted by Gasteiger charge is 2.34. The van der Waals surface area contributed by atoms with Crippen molar-refractivity contribution >= 4 is 11.9 Å². The van der Waals surface area contributed by atoms with Crippen LogP contribution in [0.15, 0.2) is 0 Å². The minimum Gasteiger partial charge on any atom is -0.481 e. The fourth-order valence-corrected chi connectivity index (χ4v) is 2.99. The van der Waals surface area contributed by atoms with E-state index in [1.807, 2.05) is 0 Å². The van der Waals surface area contributed by atoms with Crippen LogP contribution in [0.4, 0.5) is 0 Å². The molecule has 1 saturated heterocycles. The van der Waals surface area contributed by atoms with E-state index >= 15 is 0 Å². The van der Waals surface area contributed by atoms with Crippen molar-refractivity contribution in [3.63, 3.8) is 0 Å². The molecule has 6 heteroatoms. The lowest BCUT2D eigenvalue weighted by atomic mass is 10.0. The summed E-state index contributed by atoms with van der Waals surface area (Å²) in [6.45, 7) is 2.88. The minimum atomic E-state index is -0.832. The molecule has 0 aromatic rings. The number of rotatable bonds is 6. The average Bonchev–Trinajstić information content (AvgIpc) is 2.94. The van der Waals surface area contributed by atoms with Crippen molar-refractivity contribution in [2.45, 2.75) is 63.7 Å². The van der Waals surface area contributed by atoms with Crippen molar-refractivity contribution in [2.75, 3.05) is 13.2 Å². The van der Waals surface area contributed by atoms with Gasteiger partial charge < -0.3 is 19.9 Å². The largest absolute Gasteiger partial charge is 0.481 e. The number of hydrogen-bond donors (Lipinski definition) is 2. The number of carbonyl (C=O) groups excluding carboxylic acids is 1. The van der Waals surface area contributed by atoms with Gasteiger partial charge in [0.15, 0.2) is 0 Å². The van der Waals surface area contributed by atoms with Crippen LogP contribution in [0.1, 0.15) is 45.4 Å². The summed E-state index contributed by atoms with van der Waals surface area (Å²) < 4.78 is 11.1. The van der Waals surface area contributed by atoms with Gasteiger partial charge in [0.25, 0.3) is 0 Å². The second-order valence-corrected chi connectivity index (χ2v) is 5.95. The van der Waals surface area contributed by atoms with E-state index in [4.69, 9.17) is 14.6 Å². The smallest absolute Gasteiger partial charge is 0.308 e. The summed E-state index contributed by atoms with van der Waals surface area (Å²) in [5, 5.41) is 11.9. The molecular weight excluding hydrogens is 274 g/mol. The molecule has 2 fully saturated rings. The number of carboxylic acid groups (broad SMARTS) is 1. The van der Waals surface area contributed by atoms with Gasteiger partial charge in [-0.15, -0.1) is 0 Å². The molecule has 0 aromatic heterocycles. The third-order valence-corrected chi connectivity index (χ3v) is 4.34. The van der Waals surface area contributed by atoms with E-state index in [1.165, 1.54) is 0 Å². The van der Waals surface area contributed by atoms with Gasteiger partial charge in [-0.1, -0.05) is 6.42 Å². The minimum absolute atomic E-state index is 0.0762. The van der Waals surface area contributed by atoms with Gasteiger partial charge in [-0.2, -0.15) is 0 Å². The molecule has 0 bridgehead atoms. The van der Waals surface area contributed by atoms with Crippen molar-refractivity contribution in [1.29, 1.82) is 0 Å². The Morgan fingerprint density at radius 1 is 1.29 bits per heavy atom. The first-order chi connectivity index (χ1) is 10.1. The van der Waals surface area contributed by atoms with E-state index in [0.29, 0.717) is 13.0 Å².